The van der Waals surface area contributed by atoms with Gasteiger partial charge in [0.25, 0.3) is 0 Å². The molecule has 25 heavy (non-hydrogen) atoms. The molecule has 3 rings (SSSR count). The van der Waals surface area contributed by atoms with Gasteiger partial charge >= 0.3 is 5.97 Å². The van der Waals surface area contributed by atoms with Crippen LogP contribution >= 0.6 is 23.2 Å². The second-order valence-corrected chi connectivity index (χ2v) is 8.45. The molecular weight excluding hydrogens is 385 g/mol. The number of fused-ring (bicyclic) bond motifs is 1. The van der Waals surface area contributed by atoms with Gasteiger partial charge in [-0.05, 0) is 60.7 Å². The van der Waals surface area contributed by atoms with E-state index in [9.17, 15) is 13.2 Å². The predicted molar refractivity (Wildman–Crippen MR) is 96.0 cm³/mol. The molecule has 1 aliphatic rings. The first-order valence-corrected chi connectivity index (χ1v) is 9.82. The van der Waals surface area contributed by atoms with Crippen LogP contribution in [-0.4, -0.2) is 25.5 Å². The first-order valence-electron chi connectivity index (χ1n) is 7.59. The summed E-state index contributed by atoms with van der Waals surface area (Å²) in [7, 11) is -3.74. The number of sulfonamides is 1. The van der Waals surface area contributed by atoms with Crippen LogP contribution in [0.3, 0.4) is 0 Å². The van der Waals surface area contributed by atoms with E-state index in [4.69, 9.17) is 28.3 Å². The van der Waals surface area contributed by atoms with Gasteiger partial charge in [0.2, 0.25) is 10.0 Å². The second kappa shape index (κ2) is 6.96. The number of carboxylic acids is 1. The number of halogens is 2. The van der Waals surface area contributed by atoms with Crippen LogP contribution in [0.15, 0.2) is 41.3 Å². The van der Waals surface area contributed by atoms with Gasteiger partial charge in [0.1, 0.15) is 0 Å². The Balaban J connectivity index is 1.81. The Morgan fingerprint density at radius 2 is 1.84 bits per heavy atom. The van der Waals surface area contributed by atoms with Gasteiger partial charge in [-0.1, -0.05) is 29.3 Å². The Hall–Kier alpha value is -1.60. The van der Waals surface area contributed by atoms with Crippen molar-refractivity contribution in [3.63, 3.8) is 0 Å². The monoisotopic (exact) mass is 399 g/mol. The molecule has 132 valence electrons. The minimum atomic E-state index is -3.74. The summed E-state index contributed by atoms with van der Waals surface area (Å²) in [6.07, 6.45) is 1.76. The van der Waals surface area contributed by atoms with Crippen LogP contribution in [0.5, 0.6) is 0 Å². The molecule has 1 atom stereocenters. The van der Waals surface area contributed by atoms with Crippen molar-refractivity contribution in [2.24, 2.45) is 0 Å². The summed E-state index contributed by atoms with van der Waals surface area (Å²) >= 11 is 11.7. The topological polar surface area (TPSA) is 83.5 Å². The molecule has 0 bridgehead atoms. The van der Waals surface area contributed by atoms with Gasteiger partial charge in [0.05, 0.1) is 20.5 Å². The van der Waals surface area contributed by atoms with E-state index in [-0.39, 0.29) is 26.5 Å². The highest BCUT2D eigenvalue weighted by molar-refractivity contribution is 7.89. The lowest BCUT2D eigenvalue weighted by atomic mass is 9.88. The van der Waals surface area contributed by atoms with Gasteiger partial charge in [0, 0.05) is 6.04 Å². The quantitative estimate of drug-likeness (QED) is 0.823. The van der Waals surface area contributed by atoms with Crippen LogP contribution in [0.2, 0.25) is 10.0 Å². The Morgan fingerprint density at radius 1 is 1.08 bits per heavy atom. The van der Waals surface area contributed by atoms with E-state index >= 15 is 0 Å². The fourth-order valence-corrected chi connectivity index (χ4v) is 4.58. The number of carboxylic acid groups (broad SMARTS) is 1. The number of hydrogen-bond donors (Lipinski definition) is 2. The number of rotatable bonds is 4. The molecule has 1 aliphatic carbocycles. The lowest BCUT2D eigenvalue weighted by molar-refractivity contribution is 0.0696. The molecule has 0 spiro atoms. The molecule has 0 aromatic heterocycles. The maximum atomic E-state index is 12.5. The van der Waals surface area contributed by atoms with Crippen molar-refractivity contribution in [1.29, 1.82) is 0 Å². The van der Waals surface area contributed by atoms with Crippen molar-refractivity contribution in [3.8, 4) is 0 Å². The summed E-state index contributed by atoms with van der Waals surface area (Å²) in [6.45, 7) is 0. The molecule has 2 N–H and O–H groups in total. The highest BCUT2D eigenvalue weighted by atomic mass is 35.5. The van der Waals surface area contributed by atoms with E-state index in [1.54, 1.807) is 18.2 Å². The van der Waals surface area contributed by atoms with Crippen LogP contribution in [0.25, 0.3) is 0 Å². The summed E-state index contributed by atoms with van der Waals surface area (Å²) in [5.74, 6) is -0.999. The Kier molecular flexibility index (Phi) is 5.06. The van der Waals surface area contributed by atoms with E-state index in [2.05, 4.69) is 4.72 Å². The molecule has 0 saturated heterocycles. The van der Waals surface area contributed by atoms with E-state index in [0.29, 0.717) is 19.3 Å². The van der Waals surface area contributed by atoms with Crippen LogP contribution in [0.1, 0.15) is 27.9 Å². The maximum absolute atomic E-state index is 12.5. The molecule has 0 saturated carbocycles. The molecule has 8 heteroatoms. The van der Waals surface area contributed by atoms with Gasteiger partial charge in [-0.15, -0.1) is 0 Å². The zero-order valence-corrected chi connectivity index (χ0v) is 15.3. The van der Waals surface area contributed by atoms with Crippen molar-refractivity contribution in [2.75, 3.05) is 0 Å². The van der Waals surface area contributed by atoms with Crippen molar-refractivity contribution < 1.29 is 18.3 Å². The lowest BCUT2D eigenvalue weighted by Gasteiger charge is -2.25. The van der Waals surface area contributed by atoms with Crippen LogP contribution in [-0.2, 0) is 22.9 Å². The van der Waals surface area contributed by atoms with Crippen molar-refractivity contribution in [1.82, 2.24) is 4.72 Å². The van der Waals surface area contributed by atoms with Gasteiger partial charge < -0.3 is 5.11 Å². The zero-order valence-electron chi connectivity index (χ0n) is 13.0. The molecular formula is C17H15Cl2NO4S. The fourth-order valence-electron chi connectivity index (χ4n) is 2.92. The number of hydrogen-bond acceptors (Lipinski definition) is 3. The average Bonchev–Trinajstić information content (AvgIpc) is 2.56. The summed E-state index contributed by atoms with van der Waals surface area (Å²) < 4.78 is 27.8. The van der Waals surface area contributed by atoms with E-state index < -0.39 is 16.0 Å². The third kappa shape index (κ3) is 3.98. The normalized spacial score (nSPS) is 17.1. The van der Waals surface area contributed by atoms with Crippen LogP contribution in [0, 0.1) is 0 Å². The molecule has 0 radical (unpaired) electrons. The van der Waals surface area contributed by atoms with Gasteiger partial charge in [-0.25, -0.2) is 17.9 Å². The summed E-state index contributed by atoms with van der Waals surface area (Å²) in [5, 5.41) is 9.56. The number of carbonyl (C=O) groups is 1. The number of nitrogens with one attached hydrogen (secondary N) is 1. The summed E-state index contributed by atoms with van der Waals surface area (Å²) in [4.78, 5) is 11.2. The molecule has 0 amide bonds. The largest absolute Gasteiger partial charge is 0.478 e. The summed E-state index contributed by atoms with van der Waals surface area (Å²) in [5.41, 5.74) is 2.11. The molecule has 0 heterocycles. The van der Waals surface area contributed by atoms with Gasteiger partial charge in [0.15, 0.2) is 0 Å². The molecule has 0 aliphatic heterocycles. The first kappa shape index (κ1) is 18.2. The van der Waals surface area contributed by atoms with E-state index in [1.165, 1.54) is 18.2 Å². The highest BCUT2D eigenvalue weighted by Gasteiger charge is 2.25. The Bertz CT molecular complexity index is 944. The number of benzene rings is 2. The third-order valence-corrected chi connectivity index (χ3v) is 6.46. The maximum Gasteiger partial charge on any atom is 0.335 e. The first-order chi connectivity index (χ1) is 11.8. The van der Waals surface area contributed by atoms with Gasteiger partial charge in [-0.3, -0.25) is 0 Å². The smallest absolute Gasteiger partial charge is 0.335 e. The molecule has 1 unspecified atom stereocenters. The minimum absolute atomic E-state index is 0.0481. The zero-order chi connectivity index (χ0) is 18.2. The third-order valence-electron chi connectivity index (χ3n) is 4.20. The standard InChI is InChI=1S/C17H15Cl2NO4S/c18-15-6-5-14(9-16(15)19)25(23,24)20-13-4-3-10-1-2-11(17(21)22)7-12(10)8-13/h1-2,5-7,9,13,20H,3-4,8H2,(H,21,22). The average molecular weight is 400 g/mol. The van der Waals surface area contributed by atoms with Crippen molar-refractivity contribution >= 4 is 39.2 Å². The Morgan fingerprint density at radius 3 is 2.52 bits per heavy atom. The van der Waals surface area contributed by atoms with Crippen LogP contribution in [0.4, 0.5) is 0 Å². The van der Waals surface area contributed by atoms with Crippen molar-refractivity contribution in [2.45, 2.75) is 30.2 Å². The number of aromatic carboxylic acids is 1. The number of aryl methyl sites for hydroxylation is 1. The molecule has 2 aromatic carbocycles. The van der Waals surface area contributed by atoms with E-state index in [1.807, 2.05) is 0 Å². The molecule has 2 aromatic rings. The SMILES string of the molecule is O=C(O)c1ccc2c(c1)CC(NS(=O)(=O)c1ccc(Cl)c(Cl)c1)CC2. The fraction of sp³-hybridized carbons (Fsp3) is 0.235. The van der Waals surface area contributed by atoms with Crippen molar-refractivity contribution in [3.05, 3.63) is 63.1 Å². The Labute approximate surface area is 155 Å². The second-order valence-electron chi connectivity index (χ2n) is 5.93. The predicted octanol–water partition coefficient (Wildman–Crippen LogP) is 3.53. The highest BCUT2D eigenvalue weighted by Crippen LogP contribution is 2.27. The van der Waals surface area contributed by atoms with E-state index in [0.717, 1.165) is 11.1 Å². The summed E-state index contributed by atoms with van der Waals surface area (Å²) in [6, 6.07) is 8.81. The molecule has 0 fully saturated rings. The van der Waals surface area contributed by atoms with Crippen LogP contribution < -0.4 is 4.72 Å². The van der Waals surface area contributed by atoms with Gasteiger partial charge in [-0.2, -0.15) is 0 Å². The lowest BCUT2D eigenvalue weighted by Crippen LogP contribution is -2.38. The minimum Gasteiger partial charge on any atom is -0.478 e. The molecule has 5 nitrogen and oxygen atoms in total.